The number of carbonyl (C=O) groups excluding carboxylic acids is 1. The molecule has 0 saturated heterocycles. The van der Waals surface area contributed by atoms with E-state index in [-0.39, 0.29) is 29.6 Å². The van der Waals surface area contributed by atoms with Crippen molar-refractivity contribution in [2.45, 2.75) is 31.2 Å². The molecule has 0 atom stereocenters. The van der Waals surface area contributed by atoms with Crippen molar-refractivity contribution in [1.82, 2.24) is 5.32 Å². The standard InChI is InChI=1S/C14H18ClFN2O2/c15-11-7-10(16)3-4-12(11)18-13(20)8-17-14(9-19)5-1-2-6-14/h3-4,7,17,19H,1-2,5-6,8-9H2,(H,18,20). The lowest BCUT2D eigenvalue weighted by Gasteiger charge is -2.27. The minimum Gasteiger partial charge on any atom is -0.394 e. The van der Waals surface area contributed by atoms with Crippen LogP contribution in [0.15, 0.2) is 18.2 Å². The minimum absolute atomic E-state index is 0.0254. The Balaban J connectivity index is 1.89. The maximum atomic E-state index is 12.9. The highest BCUT2D eigenvalue weighted by Gasteiger charge is 2.32. The fraction of sp³-hybridized carbons (Fsp3) is 0.500. The molecule has 0 aromatic heterocycles. The Morgan fingerprint density at radius 3 is 2.70 bits per heavy atom. The second-order valence-corrected chi connectivity index (χ2v) is 5.58. The highest BCUT2D eigenvalue weighted by Crippen LogP contribution is 2.29. The van der Waals surface area contributed by atoms with E-state index in [1.54, 1.807) is 0 Å². The van der Waals surface area contributed by atoms with Gasteiger partial charge in [0.15, 0.2) is 0 Å². The number of halogens is 2. The van der Waals surface area contributed by atoms with Crippen molar-refractivity contribution in [1.29, 1.82) is 0 Å². The van der Waals surface area contributed by atoms with Gasteiger partial charge in [-0.3, -0.25) is 4.79 Å². The number of hydrogen-bond donors (Lipinski definition) is 3. The van der Waals surface area contributed by atoms with Gasteiger partial charge in [-0.15, -0.1) is 0 Å². The predicted octanol–water partition coefficient (Wildman–Crippen LogP) is 2.31. The molecule has 6 heteroatoms. The second kappa shape index (κ2) is 6.52. The van der Waals surface area contributed by atoms with Crippen LogP contribution in [0.5, 0.6) is 0 Å². The van der Waals surface area contributed by atoms with E-state index in [0.717, 1.165) is 31.7 Å². The van der Waals surface area contributed by atoms with Crippen LogP contribution in [-0.4, -0.2) is 29.7 Å². The molecule has 0 spiro atoms. The van der Waals surface area contributed by atoms with E-state index in [1.165, 1.54) is 12.1 Å². The van der Waals surface area contributed by atoms with E-state index >= 15 is 0 Å². The molecule has 20 heavy (non-hydrogen) atoms. The fourth-order valence-corrected chi connectivity index (χ4v) is 2.71. The molecule has 4 nitrogen and oxygen atoms in total. The topological polar surface area (TPSA) is 61.4 Å². The number of hydrogen-bond acceptors (Lipinski definition) is 3. The maximum Gasteiger partial charge on any atom is 0.238 e. The Morgan fingerprint density at radius 2 is 2.10 bits per heavy atom. The van der Waals surface area contributed by atoms with E-state index < -0.39 is 5.82 Å². The van der Waals surface area contributed by atoms with E-state index in [0.29, 0.717) is 5.69 Å². The van der Waals surface area contributed by atoms with Gasteiger partial charge in [0.1, 0.15) is 5.82 Å². The quantitative estimate of drug-likeness (QED) is 0.782. The molecular formula is C14H18ClFN2O2. The van der Waals surface area contributed by atoms with Crippen molar-refractivity contribution in [3.63, 3.8) is 0 Å². The Bertz CT molecular complexity index is 490. The number of anilines is 1. The van der Waals surface area contributed by atoms with Crippen LogP contribution < -0.4 is 10.6 Å². The molecule has 0 aliphatic heterocycles. The van der Waals surface area contributed by atoms with Gasteiger partial charge < -0.3 is 15.7 Å². The van der Waals surface area contributed by atoms with Crippen LogP contribution in [0.4, 0.5) is 10.1 Å². The second-order valence-electron chi connectivity index (χ2n) is 5.17. The Morgan fingerprint density at radius 1 is 1.40 bits per heavy atom. The molecule has 1 aliphatic carbocycles. The summed E-state index contributed by atoms with van der Waals surface area (Å²) in [5.41, 5.74) is 0.0357. The van der Waals surface area contributed by atoms with E-state index in [1.807, 2.05) is 0 Å². The molecule has 2 rings (SSSR count). The normalized spacial score (nSPS) is 17.1. The molecule has 1 aromatic carbocycles. The van der Waals surface area contributed by atoms with E-state index in [9.17, 15) is 14.3 Å². The zero-order valence-corrected chi connectivity index (χ0v) is 11.8. The zero-order chi connectivity index (χ0) is 14.6. The number of benzene rings is 1. The van der Waals surface area contributed by atoms with Crippen LogP contribution in [0.3, 0.4) is 0 Å². The van der Waals surface area contributed by atoms with Gasteiger partial charge in [0.25, 0.3) is 0 Å². The lowest BCUT2D eigenvalue weighted by Crippen LogP contribution is -2.49. The van der Waals surface area contributed by atoms with Gasteiger partial charge in [-0.2, -0.15) is 0 Å². The molecule has 1 saturated carbocycles. The summed E-state index contributed by atoms with van der Waals surface area (Å²) < 4.78 is 12.9. The van der Waals surface area contributed by atoms with Crippen LogP contribution in [0.25, 0.3) is 0 Å². The lowest BCUT2D eigenvalue weighted by atomic mass is 9.99. The maximum absolute atomic E-state index is 12.9. The van der Waals surface area contributed by atoms with Gasteiger partial charge in [0.05, 0.1) is 23.9 Å². The van der Waals surface area contributed by atoms with Crippen molar-refractivity contribution in [3.8, 4) is 0 Å². The van der Waals surface area contributed by atoms with Crippen molar-refractivity contribution in [2.75, 3.05) is 18.5 Å². The molecule has 0 unspecified atom stereocenters. The predicted molar refractivity (Wildman–Crippen MR) is 76.3 cm³/mol. The van der Waals surface area contributed by atoms with Crippen molar-refractivity contribution in [3.05, 3.63) is 29.0 Å². The van der Waals surface area contributed by atoms with Gasteiger partial charge in [-0.25, -0.2) is 4.39 Å². The van der Waals surface area contributed by atoms with Crippen LogP contribution in [0.2, 0.25) is 5.02 Å². The average molecular weight is 301 g/mol. The smallest absolute Gasteiger partial charge is 0.238 e. The van der Waals surface area contributed by atoms with Gasteiger partial charge >= 0.3 is 0 Å². The summed E-state index contributed by atoms with van der Waals surface area (Å²) in [6.07, 6.45) is 3.85. The van der Waals surface area contributed by atoms with Gasteiger partial charge in [-0.1, -0.05) is 24.4 Å². The third-order valence-electron chi connectivity index (χ3n) is 3.69. The first-order chi connectivity index (χ1) is 9.54. The molecule has 0 heterocycles. The van der Waals surface area contributed by atoms with Gasteiger partial charge in [-0.05, 0) is 31.0 Å². The van der Waals surface area contributed by atoms with Crippen molar-refractivity contribution < 1.29 is 14.3 Å². The molecule has 1 aliphatic rings. The monoisotopic (exact) mass is 300 g/mol. The number of aliphatic hydroxyl groups excluding tert-OH is 1. The number of rotatable bonds is 5. The molecule has 0 radical (unpaired) electrons. The summed E-state index contributed by atoms with van der Waals surface area (Å²) in [5, 5.41) is 15.3. The molecule has 1 fully saturated rings. The Hall–Kier alpha value is -1.17. The largest absolute Gasteiger partial charge is 0.394 e. The number of aliphatic hydroxyl groups is 1. The molecule has 110 valence electrons. The van der Waals surface area contributed by atoms with Crippen molar-refractivity contribution >= 4 is 23.2 Å². The number of nitrogens with one attached hydrogen (secondary N) is 2. The van der Waals surface area contributed by atoms with Crippen LogP contribution in [0.1, 0.15) is 25.7 Å². The third-order valence-corrected chi connectivity index (χ3v) is 4.01. The fourth-order valence-electron chi connectivity index (χ4n) is 2.50. The first-order valence-electron chi connectivity index (χ1n) is 6.65. The van der Waals surface area contributed by atoms with Gasteiger partial charge in [0.2, 0.25) is 5.91 Å². The average Bonchev–Trinajstić information content (AvgIpc) is 2.89. The van der Waals surface area contributed by atoms with E-state index in [2.05, 4.69) is 10.6 Å². The summed E-state index contributed by atoms with van der Waals surface area (Å²) in [6.45, 7) is 0.117. The number of amides is 1. The first kappa shape index (κ1) is 15.2. The highest BCUT2D eigenvalue weighted by atomic mass is 35.5. The molecule has 1 amide bonds. The highest BCUT2D eigenvalue weighted by molar-refractivity contribution is 6.33. The Kier molecular flexibility index (Phi) is 4.96. The summed E-state index contributed by atoms with van der Waals surface area (Å²) in [7, 11) is 0. The molecule has 3 N–H and O–H groups in total. The molecular weight excluding hydrogens is 283 g/mol. The zero-order valence-electron chi connectivity index (χ0n) is 11.1. The Labute approximate surface area is 122 Å². The molecule has 1 aromatic rings. The van der Waals surface area contributed by atoms with Crippen LogP contribution in [0, 0.1) is 5.82 Å². The summed E-state index contributed by atoms with van der Waals surface area (Å²) in [6, 6.07) is 3.81. The SMILES string of the molecule is O=C(CNC1(CO)CCCC1)Nc1ccc(F)cc1Cl. The molecule has 0 bridgehead atoms. The first-order valence-corrected chi connectivity index (χ1v) is 7.03. The summed E-state index contributed by atoms with van der Waals surface area (Å²) in [4.78, 5) is 11.9. The van der Waals surface area contributed by atoms with E-state index in [4.69, 9.17) is 11.6 Å². The van der Waals surface area contributed by atoms with Crippen LogP contribution in [-0.2, 0) is 4.79 Å². The van der Waals surface area contributed by atoms with Gasteiger partial charge in [0, 0.05) is 5.54 Å². The minimum atomic E-state index is -0.448. The van der Waals surface area contributed by atoms with Crippen molar-refractivity contribution in [2.24, 2.45) is 0 Å². The summed E-state index contributed by atoms with van der Waals surface area (Å²) in [5.74, 6) is -0.713. The third kappa shape index (κ3) is 3.69. The summed E-state index contributed by atoms with van der Waals surface area (Å²) >= 11 is 5.84. The number of carbonyl (C=O) groups is 1. The lowest BCUT2D eigenvalue weighted by molar-refractivity contribution is -0.115. The van der Waals surface area contributed by atoms with Crippen LogP contribution >= 0.6 is 11.6 Å².